The molecule has 0 aliphatic rings. The molecule has 5 nitrogen and oxygen atoms in total. The van der Waals surface area contributed by atoms with E-state index < -0.39 is 24.1 Å². The van der Waals surface area contributed by atoms with Gasteiger partial charge in [0, 0.05) is 7.05 Å². The summed E-state index contributed by atoms with van der Waals surface area (Å²) in [6.07, 6.45) is 0. The van der Waals surface area contributed by atoms with Crippen LogP contribution in [0.15, 0.2) is 60.7 Å². The fourth-order valence-corrected chi connectivity index (χ4v) is 2.07. The molecule has 0 radical (unpaired) electrons. The summed E-state index contributed by atoms with van der Waals surface area (Å²) < 4.78 is 4.97. The maximum absolute atomic E-state index is 12.4. The molecule has 0 aliphatic heterocycles. The molecule has 0 heterocycles. The molecule has 1 amide bonds. The second-order valence-electron chi connectivity index (χ2n) is 4.69. The fraction of sp³-hybridized carbons (Fsp3) is 0.176. The van der Waals surface area contributed by atoms with Crippen molar-refractivity contribution in [2.24, 2.45) is 0 Å². The van der Waals surface area contributed by atoms with E-state index in [1.807, 2.05) is 0 Å². The third kappa shape index (κ3) is 3.15. The monoisotopic (exact) mass is 299 g/mol. The normalized spacial score (nSPS) is 10.8. The van der Waals surface area contributed by atoms with E-state index in [2.05, 4.69) is 5.32 Å². The second-order valence-corrected chi connectivity index (χ2v) is 4.69. The van der Waals surface area contributed by atoms with Crippen molar-refractivity contribution in [1.82, 2.24) is 5.32 Å². The van der Waals surface area contributed by atoms with Gasteiger partial charge in [0.2, 0.25) is 5.60 Å². The zero-order valence-electron chi connectivity index (χ0n) is 12.2. The van der Waals surface area contributed by atoms with Crippen LogP contribution < -0.4 is 5.32 Å². The van der Waals surface area contributed by atoms with Crippen LogP contribution in [0.4, 0.5) is 0 Å². The van der Waals surface area contributed by atoms with Crippen LogP contribution in [0.25, 0.3) is 0 Å². The summed E-state index contributed by atoms with van der Waals surface area (Å²) in [5.41, 5.74) is -1.21. The predicted octanol–water partition coefficient (Wildman–Crippen LogP) is 1.21. The van der Waals surface area contributed by atoms with Crippen molar-refractivity contribution in [2.75, 3.05) is 13.7 Å². The van der Waals surface area contributed by atoms with Crippen LogP contribution in [0.1, 0.15) is 11.1 Å². The highest BCUT2D eigenvalue weighted by Gasteiger charge is 2.41. The van der Waals surface area contributed by atoms with Crippen LogP contribution in [0.5, 0.6) is 0 Å². The number of hydrogen-bond acceptors (Lipinski definition) is 4. The first kappa shape index (κ1) is 15.7. The minimum absolute atomic E-state index is 0.378. The van der Waals surface area contributed by atoms with Crippen molar-refractivity contribution < 1.29 is 19.4 Å². The summed E-state index contributed by atoms with van der Waals surface area (Å²) in [6.45, 7) is -0.447. The number of likely N-dealkylation sites (N-methyl/N-ethyl adjacent to an activating group) is 1. The van der Waals surface area contributed by atoms with Crippen molar-refractivity contribution in [2.45, 2.75) is 5.60 Å². The average Bonchev–Trinajstić information content (AvgIpc) is 2.60. The van der Waals surface area contributed by atoms with Gasteiger partial charge in [0.25, 0.3) is 5.91 Å². The van der Waals surface area contributed by atoms with Gasteiger partial charge in [-0.25, -0.2) is 4.79 Å². The molecule has 2 rings (SSSR count). The molecule has 0 saturated heterocycles. The van der Waals surface area contributed by atoms with Crippen LogP contribution >= 0.6 is 0 Å². The Bertz CT molecular complexity index is 601. The molecule has 0 saturated carbocycles. The van der Waals surface area contributed by atoms with Gasteiger partial charge in [-0.1, -0.05) is 60.7 Å². The van der Waals surface area contributed by atoms with Gasteiger partial charge in [-0.3, -0.25) is 4.79 Å². The summed E-state index contributed by atoms with van der Waals surface area (Å²) in [4.78, 5) is 23.7. The van der Waals surface area contributed by atoms with Crippen molar-refractivity contribution in [3.63, 3.8) is 0 Å². The van der Waals surface area contributed by atoms with E-state index in [1.54, 1.807) is 60.7 Å². The molecular formula is C17H17NO4. The number of rotatable bonds is 5. The summed E-state index contributed by atoms with van der Waals surface area (Å²) >= 11 is 0. The van der Waals surface area contributed by atoms with Gasteiger partial charge in [0.1, 0.15) is 0 Å². The molecule has 0 bridgehead atoms. The van der Waals surface area contributed by atoms with Crippen LogP contribution in [-0.4, -0.2) is 30.6 Å². The van der Waals surface area contributed by atoms with Gasteiger partial charge in [0.15, 0.2) is 6.61 Å². The number of hydrogen-bond donors (Lipinski definition) is 2. The first-order valence-corrected chi connectivity index (χ1v) is 6.80. The Morgan fingerprint density at radius 3 is 1.86 bits per heavy atom. The Kier molecular flexibility index (Phi) is 4.91. The molecule has 114 valence electrons. The molecule has 0 spiro atoms. The Hall–Kier alpha value is -2.66. The maximum atomic E-state index is 12.4. The minimum Gasteiger partial charge on any atom is -0.453 e. The van der Waals surface area contributed by atoms with Gasteiger partial charge in [0.05, 0.1) is 0 Å². The van der Waals surface area contributed by atoms with E-state index in [1.165, 1.54) is 7.05 Å². The van der Waals surface area contributed by atoms with E-state index in [0.717, 1.165) is 0 Å². The lowest BCUT2D eigenvalue weighted by molar-refractivity contribution is -0.164. The number of benzene rings is 2. The number of nitrogens with one attached hydrogen (secondary N) is 1. The lowest BCUT2D eigenvalue weighted by Gasteiger charge is -2.26. The van der Waals surface area contributed by atoms with Crippen LogP contribution in [0, 0.1) is 0 Å². The lowest BCUT2D eigenvalue weighted by Crippen LogP contribution is -2.40. The average molecular weight is 299 g/mol. The Balaban J connectivity index is 2.38. The summed E-state index contributed by atoms with van der Waals surface area (Å²) in [7, 11) is 1.44. The summed E-state index contributed by atoms with van der Waals surface area (Å²) in [5.74, 6) is -1.34. The minimum atomic E-state index is -1.96. The van der Waals surface area contributed by atoms with E-state index in [9.17, 15) is 14.7 Å². The van der Waals surface area contributed by atoms with Gasteiger partial charge in [-0.2, -0.15) is 0 Å². The second kappa shape index (κ2) is 6.87. The van der Waals surface area contributed by atoms with Crippen LogP contribution in [0.3, 0.4) is 0 Å². The molecule has 2 N–H and O–H groups in total. The Morgan fingerprint density at radius 2 is 1.45 bits per heavy atom. The fourth-order valence-electron chi connectivity index (χ4n) is 2.07. The molecule has 0 unspecified atom stereocenters. The van der Waals surface area contributed by atoms with Crippen molar-refractivity contribution >= 4 is 11.9 Å². The molecule has 0 atom stereocenters. The van der Waals surface area contributed by atoms with Crippen LogP contribution in [-0.2, 0) is 19.9 Å². The highest BCUT2D eigenvalue weighted by molar-refractivity contribution is 5.87. The number of ether oxygens (including phenoxy) is 1. The van der Waals surface area contributed by atoms with E-state index in [0.29, 0.717) is 11.1 Å². The predicted molar refractivity (Wildman–Crippen MR) is 80.9 cm³/mol. The van der Waals surface area contributed by atoms with Crippen LogP contribution in [0.2, 0.25) is 0 Å². The Labute approximate surface area is 128 Å². The first-order chi connectivity index (χ1) is 10.6. The quantitative estimate of drug-likeness (QED) is 0.814. The van der Waals surface area contributed by atoms with Crippen molar-refractivity contribution in [3.05, 3.63) is 71.8 Å². The third-order valence-corrected chi connectivity index (χ3v) is 3.29. The highest BCUT2D eigenvalue weighted by Crippen LogP contribution is 2.30. The largest absolute Gasteiger partial charge is 0.453 e. The maximum Gasteiger partial charge on any atom is 0.348 e. The van der Waals surface area contributed by atoms with E-state index >= 15 is 0 Å². The molecule has 2 aromatic rings. The van der Waals surface area contributed by atoms with Gasteiger partial charge in [-0.15, -0.1) is 0 Å². The summed E-state index contributed by atoms with van der Waals surface area (Å²) in [5, 5.41) is 13.4. The van der Waals surface area contributed by atoms with E-state index in [-0.39, 0.29) is 0 Å². The Morgan fingerprint density at radius 1 is 1.00 bits per heavy atom. The first-order valence-electron chi connectivity index (χ1n) is 6.80. The number of carbonyl (C=O) groups excluding carboxylic acids is 2. The number of aliphatic hydroxyl groups is 1. The molecule has 2 aromatic carbocycles. The highest BCUT2D eigenvalue weighted by atomic mass is 16.6. The standard InChI is InChI=1S/C17H17NO4/c1-18-15(19)12-22-16(20)17(21,13-8-4-2-5-9-13)14-10-6-3-7-11-14/h2-11,21H,12H2,1H3,(H,18,19). The number of amides is 1. The van der Waals surface area contributed by atoms with Gasteiger partial charge in [-0.05, 0) is 11.1 Å². The van der Waals surface area contributed by atoms with Crippen molar-refractivity contribution in [1.29, 1.82) is 0 Å². The zero-order chi connectivity index (χ0) is 16.0. The van der Waals surface area contributed by atoms with Crippen molar-refractivity contribution in [3.8, 4) is 0 Å². The van der Waals surface area contributed by atoms with Gasteiger partial charge >= 0.3 is 5.97 Å². The molecule has 22 heavy (non-hydrogen) atoms. The molecular weight excluding hydrogens is 282 g/mol. The molecule has 0 aromatic heterocycles. The summed E-state index contributed by atoms with van der Waals surface area (Å²) in [6, 6.07) is 17.0. The number of carbonyl (C=O) groups is 2. The molecule has 0 aliphatic carbocycles. The topological polar surface area (TPSA) is 75.6 Å². The third-order valence-electron chi connectivity index (χ3n) is 3.29. The smallest absolute Gasteiger partial charge is 0.348 e. The number of esters is 1. The lowest BCUT2D eigenvalue weighted by atomic mass is 9.86. The SMILES string of the molecule is CNC(=O)COC(=O)C(O)(c1ccccc1)c1ccccc1. The molecule has 5 heteroatoms. The molecule has 0 fully saturated rings. The zero-order valence-corrected chi connectivity index (χ0v) is 12.2. The van der Waals surface area contributed by atoms with E-state index in [4.69, 9.17) is 4.74 Å². The van der Waals surface area contributed by atoms with Gasteiger partial charge < -0.3 is 15.2 Å².